The Labute approximate surface area is 168 Å². The Morgan fingerprint density at radius 2 is 1.38 bits per heavy atom. The fourth-order valence-corrected chi connectivity index (χ4v) is 5.85. The highest BCUT2D eigenvalue weighted by Crippen LogP contribution is 2.13. The van der Waals surface area contributed by atoms with Gasteiger partial charge < -0.3 is 9.47 Å². The zero-order valence-corrected chi connectivity index (χ0v) is 22.0. The van der Waals surface area contributed by atoms with Crippen LogP contribution in [0.4, 0.5) is 0 Å². The molecule has 0 N–H and O–H groups in total. The van der Waals surface area contributed by atoms with E-state index in [0.717, 1.165) is 36.4 Å². The summed E-state index contributed by atoms with van der Waals surface area (Å²) >= 11 is 0. The molecule has 1 heterocycles. The van der Waals surface area contributed by atoms with E-state index in [-0.39, 0.29) is 0 Å². The minimum Gasteiger partial charge on any atom is -0.318 e. The maximum atomic E-state index is 4.17. The SMILES string of the molecule is C=C([SiH3])C(N(CC)CC)N(CC)CC.C=C[Si](C)(C)N1CCN(C)CC1. The van der Waals surface area contributed by atoms with E-state index in [2.05, 4.69) is 86.0 Å². The van der Waals surface area contributed by atoms with E-state index in [1.165, 1.54) is 31.4 Å². The molecule has 0 aromatic rings. The minimum absolute atomic E-state index is 0.478. The molecule has 154 valence electrons. The molecule has 1 aliphatic rings. The molecule has 0 radical (unpaired) electrons. The maximum absolute atomic E-state index is 4.17. The van der Waals surface area contributed by atoms with Crippen LogP contribution < -0.4 is 0 Å². The monoisotopic (exact) mass is 398 g/mol. The third kappa shape index (κ3) is 8.19. The third-order valence-corrected chi connectivity index (χ3v) is 9.17. The van der Waals surface area contributed by atoms with Gasteiger partial charge in [0, 0.05) is 36.4 Å². The van der Waals surface area contributed by atoms with E-state index in [1.807, 2.05) is 0 Å². The van der Waals surface area contributed by atoms with Crippen molar-refractivity contribution in [1.29, 1.82) is 0 Å². The zero-order chi connectivity index (χ0) is 20.3. The Balaban J connectivity index is 0.000000485. The van der Waals surface area contributed by atoms with E-state index in [1.54, 1.807) is 0 Å². The van der Waals surface area contributed by atoms with Crippen LogP contribution in [0.15, 0.2) is 24.1 Å². The zero-order valence-electron chi connectivity index (χ0n) is 19.0. The van der Waals surface area contributed by atoms with Crippen LogP contribution >= 0.6 is 0 Å². The predicted octanol–water partition coefficient (Wildman–Crippen LogP) is 2.04. The van der Waals surface area contributed by atoms with Gasteiger partial charge in [-0.05, 0) is 33.2 Å². The van der Waals surface area contributed by atoms with Gasteiger partial charge in [-0.25, -0.2) is 0 Å². The van der Waals surface area contributed by atoms with Gasteiger partial charge >= 0.3 is 0 Å². The van der Waals surface area contributed by atoms with E-state index in [9.17, 15) is 0 Å². The van der Waals surface area contributed by atoms with E-state index in [4.69, 9.17) is 0 Å². The molecule has 0 aromatic carbocycles. The van der Waals surface area contributed by atoms with Crippen LogP contribution in [0.2, 0.25) is 13.1 Å². The van der Waals surface area contributed by atoms with Crippen LogP contribution in [0.5, 0.6) is 0 Å². The van der Waals surface area contributed by atoms with Gasteiger partial charge in [0.15, 0.2) is 0 Å². The first-order valence-electron chi connectivity index (χ1n) is 10.4. The first-order chi connectivity index (χ1) is 12.2. The molecule has 0 atom stereocenters. The second kappa shape index (κ2) is 13.0. The molecule has 1 saturated heterocycles. The number of hydrogen-bond acceptors (Lipinski definition) is 4. The van der Waals surface area contributed by atoms with Crippen molar-refractivity contribution in [3.05, 3.63) is 24.1 Å². The maximum Gasteiger partial charge on any atom is 0.146 e. The van der Waals surface area contributed by atoms with Crippen molar-refractivity contribution in [1.82, 2.24) is 19.3 Å². The molecular formula is C20H46N4Si2. The van der Waals surface area contributed by atoms with Gasteiger partial charge in [0.2, 0.25) is 0 Å². The molecule has 0 spiro atoms. The lowest BCUT2D eigenvalue weighted by atomic mass is 10.3. The molecule has 0 saturated carbocycles. The smallest absolute Gasteiger partial charge is 0.146 e. The summed E-state index contributed by atoms with van der Waals surface area (Å²) in [5.41, 5.74) is 2.18. The third-order valence-electron chi connectivity index (χ3n) is 5.58. The summed E-state index contributed by atoms with van der Waals surface area (Å²) in [4.78, 5) is 7.37. The van der Waals surface area contributed by atoms with Crippen molar-refractivity contribution in [3.8, 4) is 0 Å². The summed E-state index contributed by atoms with van der Waals surface area (Å²) in [6, 6.07) is 0. The Bertz CT molecular complexity index is 387. The van der Waals surface area contributed by atoms with E-state index < -0.39 is 8.24 Å². The van der Waals surface area contributed by atoms with Crippen LogP contribution in [0.1, 0.15) is 27.7 Å². The van der Waals surface area contributed by atoms with Crippen molar-refractivity contribution in [2.24, 2.45) is 0 Å². The van der Waals surface area contributed by atoms with E-state index in [0.29, 0.717) is 6.17 Å². The Kier molecular flexibility index (Phi) is 12.9. The summed E-state index contributed by atoms with van der Waals surface area (Å²) in [5, 5.41) is 1.39. The standard InChI is InChI=1S/C11H26N2Si.C9H20N2Si/c1-6-12(7-2)11(10(5)14)13(8-3)9-4;1-5-12(3,4)11-8-6-10(2)7-9-11/h11H,5-9H2,1-4,14H3;5H,1,6-9H2,2-4H3. The van der Waals surface area contributed by atoms with Crippen molar-refractivity contribution in [2.45, 2.75) is 47.0 Å². The van der Waals surface area contributed by atoms with Gasteiger partial charge in [-0.1, -0.05) is 51.7 Å². The van der Waals surface area contributed by atoms with Gasteiger partial charge in [0.1, 0.15) is 8.24 Å². The average molecular weight is 399 g/mol. The lowest BCUT2D eigenvalue weighted by Crippen LogP contribution is -2.55. The summed E-state index contributed by atoms with van der Waals surface area (Å²) in [7, 11) is 2.05. The lowest BCUT2D eigenvalue weighted by molar-refractivity contribution is 0.0896. The summed E-state index contributed by atoms with van der Waals surface area (Å²) in [5.74, 6) is 0. The fraction of sp³-hybridized carbons (Fsp3) is 0.800. The van der Waals surface area contributed by atoms with Gasteiger partial charge in [-0.3, -0.25) is 9.80 Å². The molecule has 6 heteroatoms. The Morgan fingerprint density at radius 1 is 1.00 bits per heavy atom. The summed E-state index contributed by atoms with van der Waals surface area (Å²) in [6.45, 7) is 31.1. The largest absolute Gasteiger partial charge is 0.318 e. The highest BCUT2D eigenvalue weighted by Gasteiger charge is 2.28. The molecule has 0 bridgehead atoms. The molecular weight excluding hydrogens is 352 g/mol. The van der Waals surface area contributed by atoms with Gasteiger partial charge in [-0.2, -0.15) is 0 Å². The van der Waals surface area contributed by atoms with Gasteiger partial charge in [0.05, 0.1) is 6.17 Å². The molecule has 1 fully saturated rings. The van der Waals surface area contributed by atoms with Crippen LogP contribution in [0, 0.1) is 0 Å². The predicted molar refractivity (Wildman–Crippen MR) is 125 cm³/mol. The molecule has 26 heavy (non-hydrogen) atoms. The average Bonchev–Trinajstić information content (AvgIpc) is 2.63. The Hall–Kier alpha value is -0.246. The van der Waals surface area contributed by atoms with E-state index >= 15 is 0 Å². The normalized spacial score (nSPS) is 16.8. The molecule has 4 nitrogen and oxygen atoms in total. The minimum atomic E-state index is -1.24. The molecule has 1 rings (SSSR count). The van der Waals surface area contributed by atoms with Crippen LogP contribution in [-0.4, -0.2) is 103 Å². The molecule has 1 aliphatic heterocycles. The highest BCUT2D eigenvalue weighted by molar-refractivity contribution is 6.79. The molecule has 0 amide bonds. The number of rotatable bonds is 9. The van der Waals surface area contributed by atoms with Crippen molar-refractivity contribution in [2.75, 3.05) is 59.4 Å². The molecule has 0 aromatic heterocycles. The first-order valence-corrected chi connectivity index (χ1v) is 14.4. The molecule has 0 aliphatic carbocycles. The fourth-order valence-electron chi connectivity index (χ4n) is 3.51. The van der Waals surface area contributed by atoms with Gasteiger partial charge in [0.25, 0.3) is 0 Å². The summed E-state index contributed by atoms with van der Waals surface area (Å²) < 4.78 is 2.62. The highest BCUT2D eigenvalue weighted by atomic mass is 28.3. The lowest BCUT2D eigenvalue weighted by Gasteiger charge is -2.40. The van der Waals surface area contributed by atoms with Crippen LogP contribution in [0.25, 0.3) is 0 Å². The summed E-state index contributed by atoms with van der Waals surface area (Å²) in [6.07, 6.45) is 0.478. The van der Waals surface area contributed by atoms with Gasteiger partial charge in [-0.15, -0.1) is 13.2 Å². The number of likely N-dealkylation sites (N-methyl/N-ethyl adjacent to an activating group) is 3. The topological polar surface area (TPSA) is 13.0 Å². The number of piperazine rings is 1. The molecule has 0 unspecified atom stereocenters. The second-order valence-corrected chi connectivity index (χ2v) is 13.4. The first kappa shape index (κ1) is 25.8. The second-order valence-electron chi connectivity index (χ2n) is 7.81. The number of hydrogen-bond donors (Lipinski definition) is 0. The number of nitrogens with zero attached hydrogens (tertiary/aromatic N) is 4. The van der Waals surface area contributed by atoms with Crippen molar-refractivity contribution < 1.29 is 0 Å². The van der Waals surface area contributed by atoms with Crippen LogP contribution in [0.3, 0.4) is 0 Å². The quantitative estimate of drug-likeness (QED) is 0.435. The van der Waals surface area contributed by atoms with Crippen molar-refractivity contribution in [3.63, 3.8) is 0 Å². The van der Waals surface area contributed by atoms with Crippen molar-refractivity contribution >= 4 is 18.5 Å². The Morgan fingerprint density at radius 3 is 1.65 bits per heavy atom. The van der Waals surface area contributed by atoms with Crippen LogP contribution in [-0.2, 0) is 0 Å².